The second-order valence-corrected chi connectivity index (χ2v) is 10.4. The number of halogens is 2. The number of nitrogens with zero attached hydrogens (tertiary/aromatic N) is 2. The van der Waals surface area contributed by atoms with Crippen molar-refractivity contribution in [2.75, 3.05) is 19.6 Å². The first-order valence-corrected chi connectivity index (χ1v) is 12.3. The number of carbonyl (C=O) groups is 1. The fourth-order valence-corrected chi connectivity index (χ4v) is 6.13. The molecule has 0 radical (unpaired) electrons. The fraction of sp³-hybridized carbons (Fsp3) is 0.462. The van der Waals surface area contributed by atoms with Gasteiger partial charge in [-0.2, -0.15) is 0 Å². The normalized spacial score (nSPS) is 22.4. The third-order valence-electron chi connectivity index (χ3n) is 7.59. The average molecular weight is 517 g/mol. The highest BCUT2D eigenvalue weighted by Crippen LogP contribution is 2.40. The Morgan fingerprint density at radius 3 is 2.88 bits per heavy atom. The summed E-state index contributed by atoms with van der Waals surface area (Å²) in [5.41, 5.74) is 4.44. The number of H-pyrrole nitrogens is 1. The summed E-state index contributed by atoms with van der Waals surface area (Å²) < 4.78 is 1.08. The van der Waals surface area contributed by atoms with Gasteiger partial charge in [-0.1, -0.05) is 35.0 Å². The highest BCUT2D eigenvalue weighted by molar-refractivity contribution is 9.10. The zero-order valence-electron chi connectivity index (χ0n) is 18.6. The second-order valence-electron chi connectivity index (χ2n) is 9.54. The van der Waals surface area contributed by atoms with Crippen molar-refractivity contribution in [2.24, 2.45) is 5.41 Å². The van der Waals surface area contributed by atoms with Gasteiger partial charge in [-0.15, -0.1) is 12.4 Å². The number of hydrogen-bond donors (Lipinski definition) is 1. The lowest BCUT2D eigenvalue weighted by atomic mass is 9.76. The Morgan fingerprint density at radius 2 is 2.06 bits per heavy atom. The molecular formula is C26H31BrClN3O. The number of fused-ring (bicyclic) bond motifs is 2. The molecule has 170 valence electrons. The molecule has 0 bridgehead atoms. The molecule has 1 aromatic carbocycles. The third-order valence-corrected chi connectivity index (χ3v) is 8.33. The van der Waals surface area contributed by atoms with Crippen LogP contribution in [0.1, 0.15) is 66.4 Å². The highest BCUT2D eigenvalue weighted by Gasteiger charge is 2.37. The summed E-state index contributed by atoms with van der Waals surface area (Å²) in [5, 5.41) is 1.31. The van der Waals surface area contributed by atoms with Crippen molar-refractivity contribution in [3.8, 4) is 0 Å². The third kappa shape index (κ3) is 4.40. The van der Waals surface area contributed by atoms with Crippen LogP contribution >= 0.6 is 28.3 Å². The van der Waals surface area contributed by atoms with E-state index in [1.807, 2.05) is 24.5 Å². The largest absolute Gasteiger partial charge is 0.360 e. The van der Waals surface area contributed by atoms with Crippen molar-refractivity contribution in [2.45, 2.75) is 51.4 Å². The van der Waals surface area contributed by atoms with Crippen molar-refractivity contribution >= 4 is 45.0 Å². The van der Waals surface area contributed by atoms with Crippen LogP contribution in [0.4, 0.5) is 0 Å². The lowest BCUT2D eigenvalue weighted by Gasteiger charge is -2.35. The summed E-state index contributed by atoms with van der Waals surface area (Å²) in [7, 11) is 0. The van der Waals surface area contributed by atoms with E-state index in [4.69, 9.17) is 0 Å². The Hall–Kier alpha value is -1.69. The molecule has 1 N–H and O–H groups in total. The van der Waals surface area contributed by atoms with Gasteiger partial charge in [0.15, 0.2) is 5.78 Å². The Kier molecular flexibility index (Phi) is 7.09. The predicted molar refractivity (Wildman–Crippen MR) is 136 cm³/mol. The van der Waals surface area contributed by atoms with E-state index >= 15 is 0 Å². The van der Waals surface area contributed by atoms with Gasteiger partial charge < -0.3 is 9.88 Å². The minimum atomic E-state index is -0.257. The first kappa shape index (κ1) is 23.5. The number of aromatic amines is 1. The van der Waals surface area contributed by atoms with Crippen molar-refractivity contribution in [1.29, 1.82) is 0 Å². The summed E-state index contributed by atoms with van der Waals surface area (Å²) in [6.07, 6.45) is 12.3. The van der Waals surface area contributed by atoms with Crippen LogP contribution in [0.3, 0.4) is 0 Å². The van der Waals surface area contributed by atoms with Crippen LogP contribution < -0.4 is 0 Å². The van der Waals surface area contributed by atoms with Crippen LogP contribution in [0, 0.1) is 5.41 Å². The van der Waals surface area contributed by atoms with Crippen LogP contribution in [-0.2, 0) is 6.42 Å². The van der Waals surface area contributed by atoms with Gasteiger partial charge >= 0.3 is 0 Å². The number of carbonyl (C=O) groups excluding carboxylic acids is 1. The second kappa shape index (κ2) is 9.66. The molecule has 2 aliphatic rings. The molecule has 1 fully saturated rings. The molecule has 1 saturated heterocycles. The number of hydrogen-bond acceptors (Lipinski definition) is 3. The van der Waals surface area contributed by atoms with E-state index in [0.717, 1.165) is 60.9 Å². The number of pyridine rings is 1. The Labute approximate surface area is 204 Å². The molecular weight excluding hydrogens is 486 g/mol. The van der Waals surface area contributed by atoms with Gasteiger partial charge in [0.1, 0.15) is 0 Å². The number of benzene rings is 1. The van der Waals surface area contributed by atoms with E-state index in [-0.39, 0.29) is 17.8 Å². The van der Waals surface area contributed by atoms with Gasteiger partial charge in [-0.05, 0) is 87.3 Å². The molecule has 1 atom stereocenters. The van der Waals surface area contributed by atoms with Crippen LogP contribution in [0.25, 0.3) is 10.9 Å². The molecule has 5 rings (SSSR count). The van der Waals surface area contributed by atoms with Crippen LogP contribution in [0.2, 0.25) is 0 Å². The monoisotopic (exact) mass is 515 g/mol. The molecule has 0 amide bonds. The lowest BCUT2D eigenvalue weighted by molar-refractivity contribution is 0.0757. The summed E-state index contributed by atoms with van der Waals surface area (Å²) in [6.45, 7) is 5.41. The molecule has 1 unspecified atom stereocenters. The number of nitrogens with one attached hydrogen (secondary N) is 1. The van der Waals surface area contributed by atoms with Gasteiger partial charge in [0, 0.05) is 33.2 Å². The first-order valence-electron chi connectivity index (χ1n) is 11.5. The quantitative estimate of drug-likeness (QED) is 0.400. The number of Topliss-reactive ketones (excluding diaryl/α,β-unsaturated/α-hetero) is 1. The van der Waals surface area contributed by atoms with Gasteiger partial charge in [0.05, 0.1) is 11.7 Å². The van der Waals surface area contributed by atoms with Crippen molar-refractivity contribution in [3.05, 3.63) is 64.0 Å². The average Bonchev–Trinajstić information content (AvgIpc) is 3.17. The van der Waals surface area contributed by atoms with Crippen molar-refractivity contribution in [1.82, 2.24) is 14.9 Å². The number of aromatic nitrogens is 2. The van der Waals surface area contributed by atoms with E-state index in [9.17, 15) is 4.79 Å². The molecule has 0 saturated carbocycles. The van der Waals surface area contributed by atoms with Gasteiger partial charge in [-0.25, -0.2) is 0 Å². The van der Waals surface area contributed by atoms with E-state index in [1.54, 1.807) is 0 Å². The van der Waals surface area contributed by atoms with Crippen LogP contribution in [0.15, 0.2) is 47.3 Å². The van der Waals surface area contributed by atoms with E-state index in [0.29, 0.717) is 11.7 Å². The van der Waals surface area contributed by atoms with Crippen LogP contribution in [0.5, 0.6) is 0 Å². The SMILES string of the molecule is CC1(CCN2CCC(c3c[nH]c4cnccc34)CC2)CCCc2c(Br)cccc2C1=O.Cl. The van der Waals surface area contributed by atoms with Crippen molar-refractivity contribution < 1.29 is 4.79 Å². The van der Waals surface area contributed by atoms with E-state index < -0.39 is 0 Å². The summed E-state index contributed by atoms with van der Waals surface area (Å²) in [4.78, 5) is 23.6. The number of piperidine rings is 1. The predicted octanol–water partition coefficient (Wildman–Crippen LogP) is 6.54. The molecule has 3 heterocycles. The van der Waals surface area contributed by atoms with Crippen LogP contribution in [-0.4, -0.2) is 40.3 Å². The standard InChI is InChI=1S/C26H30BrN3O.ClH/c1-26(10-3-5-19-21(25(26)31)4-2-6-23(19)27)11-15-30-13-8-18(9-14-30)22-16-29-24-17-28-12-7-20(22)24;/h2,4,6-7,12,16-18,29H,3,5,8-11,13-15H2,1H3;1H. The molecule has 1 aliphatic heterocycles. The van der Waals surface area contributed by atoms with Gasteiger partial charge in [0.2, 0.25) is 0 Å². The maximum absolute atomic E-state index is 13.5. The van der Waals surface area contributed by atoms with E-state index in [2.05, 4.69) is 56.1 Å². The van der Waals surface area contributed by atoms with Gasteiger partial charge in [-0.3, -0.25) is 9.78 Å². The molecule has 0 spiro atoms. The number of rotatable bonds is 4. The minimum absolute atomic E-state index is 0. The maximum Gasteiger partial charge on any atom is 0.169 e. The van der Waals surface area contributed by atoms with Crippen molar-refractivity contribution in [3.63, 3.8) is 0 Å². The molecule has 4 nitrogen and oxygen atoms in total. The Bertz CT molecular complexity index is 1110. The molecule has 32 heavy (non-hydrogen) atoms. The minimum Gasteiger partial charge on any atom is -0.360 e. The number of ketones is 1. The zero-order valence-corrected chi connectivity index (χ0v) is 21.0. The maximum atomic E-state index is 13.5. The molecule has 6 heteroatoms. The summed E-state index contributed by atoms with van der Waals surface area (Å²) >= 11 is 3.65. The summed E-state index contributed by atoms with van der Waals surface area (Å²) in [5.74, 6) is 0.940. The first-order chi connectivity index (χ1) is 15.0. The number of likely N-dealkylation sites (tertiary alicyclic amines) is 1. The molecule has 1 aliphatic carbocycles. The lowest BCUT2D eigenvalue weighted by Crippen LogP contribution is -2.38. The molecule has 2 aromatic heterocycles. The van der Waals surface area contributed by atoms with E-state index in [1.165, 1.54) is 29.4 Å². The van der Waals surface area contributed by atoms with Gasteiger partial charge in [0.25, 0.3) is 0 Å². The Balaban J connectivity index is 0.00000245. The summed E-state index contributed by atoms with van der Waals surface area (Å²) in [6, 6.07) is 8.21. The fourth-order valence-electron chi connectivity index (χ4n) is 5.56. The highest BCUT2D eigenvalue weighted by atomic mass is 79.9. The topological polar surface area (TPSA) is 49.0 Å². The zero-order chi connectivity index (χ0) is 21.4. The smallest absolute Gasteiger partial charge is 0.169 e. The Morgan fingerprint density at radius 1 is 1.25 bits per heavy atom. The molecule has 3 aromatic rings.